The van der Waals surface area contributed by atoms with E-state index in [0.29, 0.717) is 24.2 Å². The summed E-state index contributed by atoms with van der Waals surface area (Å²) in [5.74, 6) is 0.179. The number of hydrogen-bond donors (Lipinski definition) is 1. The van der Waals surface area contributed by atoms with Crippen LogP contribution >= 0.6 is 0 Å². The molecule has 0 amide bonds. The Balaban J connectivity index is 1.94. The summed E-state index contributed by atoms with van der Waals surface area (Å²) in [5, 5.41) is 14.4. The van der Waals surface area contributed by atoms with E-state index in [-0.39, 0.29) is 17.2 Å². The van der Waals surface area contributed by atoms with Gasteiger partial charge in [0, 0.05) is 29.7 Å². The highest BCUT2D eigenvalue weighted by molar-refractivity contribution is 5.99. The van der Waals surface area contributed by atoms with Gasteiger partial charge in [-0.2, -0.15) is 10.4 Å². The van der Waals surface area contributed by atoms with E-state index in [1.54, 1.807) is 0 Å². The number of para-hydroxylation sites is 1. The summed E-state index contributed by atoms with van der Waals surface area (Å²) in [5.41, 5.74) is 10.3. The van der Waals surface area contributed by atoms with Gasteiger partial charge in [-0.1, -0.05) is 18.2 Å². The first kappa shape index (κ1) is 17.1. The van der Waals surface area contributed by atoms with E-state index in [2.05, 4.69) is 11.2 Å². The third kappa shape index (κ3) is 2.63. The van der Waals surface area contributed by atoms with Crippen LogP contribution in [0.15, 0.2) is 53.1 Å². The Labute approximate surface area is 157 Å². The number of carbonyl (C=O) groups excluding carboxylic acids is 1. The Morgan fingerprint density at radius 3 is 2.70 bits per heavy atom. The van der Waals surface area contributed by atoms with E-state index in [1.807, 2.05) is 48.9 Å². The molecule has 0 fully saturated rings. The molecule has 1 atom stereocenters. The van der Waals surface area contributed by atoms with Crippen LogP contribution in [-0.4, -0.2) is 15.6 Å². The van der Waals surface area contributed by atoms with Gasteiger partial charge in [-0.25, -0.2) is 4.68 Å². The number of benzene rings is 1. The number of nitrogens with two attached hydrogens (primary N) is 1. The van der Waals surface area contributed by atoms with Gasteiger partial charge in [0.05, 0.1) is 17.3 Å². The number of aromatic nitrogens is 2. The van der Waals surface area contributed by atoms with Crippen molar-refractivity contribution in [3.8, 4) is 11.8 Å². The molecule has 1 unspecified atom stereocenters. The molecule has 0 saturated carbocycles. The predicted octanol–water partition coefficient (Wildman–Crippen LogP) is 3.30. The summed E-state index contributed by atoms with van der Waals surface area (Å²) in [6.07, 6.45) is 1.85. The Morgan fingerprint density at radius 2 is 2.00 bits per heavy atom. The number of allylic oxidation sites excluding steroid dienone is 3. The predicted molar refractivity (Wildman–Crippen MR) is 99.6 cm³/mol. The second-order valence-corrected chi connectivity index (χ2v) is 6.87. The molecule has 2 aromatic rings. The van der Waals surface area contributed by atoms with Crippen LogP contribution in [-0.2, 0) is 9.53 Å². The number of carbonyl (C=O) groups is 1. The minimum atomic E-state index is -0.524. The maximum absolute atomic E-state index is 12.7. The van der Waals surface area contributed by atoms with Gasteiger partial charge < -0.3 is 10.5 Å². The van der Waals surface area contributed by atoms with Crippen molar-refractivity contribution in [3.05, 3.63) is 70.1 Å². The number of Topliss-reactive ketones (excluding diaryl/α,β-unsaturated/α-hetero) is 1. The third-order valence-corrected chi connectivity index (χ3v) is 5.24. The van der Waals surface area contributed by atoms with Crippen molar-refractivity contribution in [2.24, 2.45) is 5.73 Å². The number of ether oxygens (including phenoxy) is 1. The van der Waals surface area contributed by atoms with Crippen molar-refractivity contribution in [1.29, 1.82) is 5.26 Å². The standard InChI is InChI=1S/C21H20N4O2/c1-12-18(13(2)25(24-12)14-7-4-3-5-8-14)19-15(11-22)21(23)27-17-10-6-9-16(26)20(17)19/h3-5,7-8,19H,6,9-10,23H2,1-2H3. The number of hydrogen-bond acceptors (Lipinski definition) is 5. The van der Waals surface area contributed by atoms with Gasteiger partial charge in [-0.3, -0.25) is 4.79 Å². The van der Waals surface area contributed by atoms with Gasteiger partial charge in [0.2, 0.25) is 5.88 Å². The molecular weight excluding hydrogens is 340 g/mol. The molecule has 0 spiro atoms. The van der Waals surface area contributed by atoms with Crippen molar-refractivity contribution in [3.63, 3.8) is 0 Å². The topological polar surface area (TPSA) is 93.9 Å². The fourth-order valence-corrected chi connectivity index (χ4v) is 4.04. The number of ketones is 1. The SMILES string of the molecule is Cc1nn(-c2ccccc2)c(C)c1C1C(C#N)=C(N)OC2=C1C(=O)CCC2. The first-order valence-corrected chi connectivity index (χ1v) is 8.98. The van der Waals surface area contributed by atoms with E-state index in [4.69, 9.17) is 10.5 Å². The maximum Gasteiger partial charge on any atom is 0.205 e. The van der Waals surface area contributed by atoms with Crippen LogP contribution in [0.25, 0.3) is 5.69 Å². The number of rotatable bonds is 2. The normalized spacial score (nSPS) is 19.6. The summed E-state index contributed by atoms with van der Waals surface area (Å²) in [6.45, 7) is 3.85. The van der Waals surface area contributed by atoms with Gasteiger partial charge in [-0.05, 0) is 32.4 Å². The van der Waals surface area contributed by atoms with Crippen molar-refractivity contribution in [2.75, 3.05) is 0 Å². The van der Waals surface area contributed by atoms with Gasteiger partial charge in [-0.15, -0.1) is 0 Å². The summed E-state index contributed by atoms with van der Waals surface area (Å²) in [7, 11) is 0. The number of nitriles is 1. The summed E-state index contributed by atoms with van der Waals surface area (Å²) in [4.78, 5) is 12.7. The first-order valence-electron chi connectivity index (χ1n) is 8.98. The van der Waals surface area contributed by atoms with Crippen molar-refractivity contribution < 1.29 is 9.53 Å². The van der Waals surface area contributed by atoms with Gasteiger partial charge in [0.15, 0.2) is 5.78 Å². The summed E-state index contributed by atoms with van der Waals surface area (Å²) in [6, 6.07) is 12.0. The zero-order valence-corrected chi connectivity index (χ0v) is 15.3. The fraction of sp³-hybridized carbons (Fsp3) is 0.286. The Morgan fingerprint density at radius 1 is 1.26 bits per heavy atom. The summed E-state index contributed by atoms with van der Waals surface area (Å²) >= 11 is 0. The molecule has 1 aliphatic heterocycles. The zero-order chi connectivity index (χ0) is 19.1. The van der Waals surface area contributed by atoms with Crippen LogP contribution in [0.1, 0.15) is 42.1 Å². The average Bonchev–Trinajstić information content (AvgIpc) is 2.95. The van der Waals surface area contributed by atoms with Gasteiger partial charge >= 0.3 is 0 Å². The molecule has 1 aromatic carbocycles. The minimum Gasteiger partial charge on any atom is -0.444 e. The second-order valence-electron chi connectivity index (χ2n) is 6.87. The van der Waals surface area contributed by atoms with Crippen LogP contribution in [0.4, 0.5) is 0 Å². The van der Waals surface area contributed by atoms with Crippen LogP contribution in [0.2, 0.25) is 0 Å². The third-order valence-electron chi connectivity index (χ3n) is 5.24. The highest BCUT2D eigenvalue weighted by Gasteiger charge is 2.40. The lowest BCUT2D eigenvalue weighted by molar-refractivity contribution is -0.116. The highest BCUT2D eigenvalue weighted by Crippen LogP contribution is 2.45. The Bertz CT molecular complexity index is 1040. The van der Waals surface area contributed by atoms with E-state index in [0.717, 1.165) is 29.1 Å². The molecule has 0 bridgehead atoms. The molecule has 0 radical (unpaired) electrons. The van der Waals surface area contributed by atoms with Crippen LogP contribution in [0, 0.1) is 25.2 Å². The molecule has 1 aromatic heterocycles. The quantitative estimate of drug-likeness (QED) is 0.887. The van der Waals surface area contributed by atoms with Gasteiger partial charge in [0.1, 0.15) is 17.4 Å². The van der Waals surface area contributed by atoms with Crippen LogP contribution in [0.5, 0.6) is 0 Å². The second kappa shape index (κ2) is 6.44. The molecular formula is C21H20N4O2. The largest absolute Gasteiger partial charge is 0.444 e. The van der Waals surface area contributed by atoms with Crippen molar-refractivity contribution in [2.45, 2.75) is 39.0 Å². The molecule has 0 saturated heterocycles. The molecule has 136 valence electrons. The Kier molecular flexibility index (Phi) is 4.08. The monoisotopic (exact) mass is 360 g/mol. The molecule has 4 rings (SSSR count). The van der Waals surface area contributed by atoms with Crippen molar-refractivity contribution in [1.82, 2.24) is 9.78 Å². The lowest BCUT2D eigenvalue weighted by atomic mass is 9.77. The molecule has 2 N–H and O–H groups in total. The molecule has 6 heteroatoms. The summed E-state index contributed by atoms with van der Waals surface area (Å²) < 4.78 is 7.50. The van der Waals surface area contributed by atoms with Gasteiger partial charge in [0.25, 0.3) is 0 Å². The molecule has 6 nitrogen and oxygen atoms in total. The van der Waals surface area contributed by atoms with E-state index >= 15 is 0 Å². The molecule has 2 heterocycles. The minimum absolute atomic E-state index is 0.0211. The molecule has 2 aliphatic rings. The van der Waals surface area contributed by atoms with E-state index in [1.165, 1.54) is 0 Å². The zero-order valence-electron chi connectivity index (χ0n) is 15.3. The maximum atomic E-state index is 12.7. The lowest BCUT2D eigenvalue weighted by Crippen LogP contribution is -2.28. The number of aryl methyl sites for hydroxylation is 1. The van der Waals surface area contributed by atoms with E-state index in [9.17, 15) is 10.1 Å². The van der Waals surface area contributed by atoms with Crippen LogP contribution < -0.4 is 5.73 Å². The van der Waals surface area contributed by atoms with Crippen molar-refractivity contribution >= 4 is 5.78 Å². The lowest BCUT2D eigenvalue weighted by Gasteiger charge is -2.31. The van der Waals surface area contributed by atoms with E-state index < -0.39 is 5.92 Å². The highest BCUT2D eigenvalue weighted by atomic mass is 16.5. The average molecular weight is 360 g/mol. The smallest absolute Gasteiger partial charge is 0.205 e. The fourth-order valence-electron chi connectivity index (χ4n) is 4.04. The molecule has 27 heavy (non-hydrogen) atoms. The number of nitrogens with zero attached hydrogens (tertiary/aromatic N) is 3. The molecule has 1 aliphatic carbocycles. The first-order chi connectivity index (χ1) is 13.0. The van der Waals surface area contributed by atoms with Crippen LogP contribution in [0.3, 0.4) is 0 Å². The Hall–Kier alpha value is -3.33.